The third-order valence-electron chi connectivity index (χ3n) is 4.57. The third-order valence-corrected chi connectivity index (χ3v) is 4.57. The van der Waals surface area contributed by atoms with E-state index in [1.54, 1.807) is 0 Å². The zero-order valence-electron chi connectivity index (χ0n) is 13.8. The van der Waals surface area contributed by atoms with E-state index < -0.39 is 0 Å². The largest absolute Gasteiger partial charge is 0.367 e. The van der Waals surface area contributed by atoms with Gasteiger partial charge in [0, 0.05) is 26.2 Å². The molecular weight excluding hydrogens is 276 g/mol. The summed E-state index contributed by atoms with van der Waals surface area (Å²) in [6.45, 7) is 6.08. The maximum Gasteiger partial charge on any atom is 0.229 e. The summed E-state index contributed by atoms with van der Waals surface area (Å²) < 4.78 is 1.83. The Morgan fingerprint density at radius 3 is 2.59 bits per heavy atom. The Balaban J connectivity index is 1.98. The van der Waals surface area contributed by atoms with E-state index in [1.807, 2.05) is 17.9 Å². The molecule has 2 heterocycles. The molecule has 6 heteroatoms. The summed E-state index contributed by atoms with van der Waals surface area (Å²) >= 11 is 0. The normalized spacial score (nSPS) is 16.1. The Bertz CT molecular complexity index is 625. The summed E-state index contributed by atoms with van der Waals surface area (Å²) in [5.41, 5.74) is 0.898. The molecule has 0 atom stereocenters. The highest BCUT2D eigenvalue weighted by atomic mass is 15.3. The molecule has 2 aromatic heterocycles. The van der Waals surface area contributed by atoms with Crippen molar-refractivity contribution in [3.8, 4) is 0 Å². The van der Waals surface area contributed by atoms with E-state index in [4.69, 9.17) is 9.97 Å². The van der Waals surface area contributed by atoms with Gasteiger partial charge >= 0.3 is 0 Å². The maximum absolute atomic E-state index is 4.80. The minimum atomic E-state index is 0.525. The molecule has 0 aliphatic heterocycles. The van der Waals surface area contributed by atoms with E-state index in [9.17, 15) is 0 Å². The predicted molar refractivity (Wildman–Crippen MR) is 90.4 cm³/mol. The van der Waals surface area contributed by atoms with Crippen LogP contribution in [0.5, 0.6) is 0 Å². The number of hydrogen-bond acceptors (Lipinski definition) is 5. The van der Waals surface area contributed by atoms with Gasteiger partial charge in [-0.15, -0.1) is 0 Å². The standard InChI is InChI=1S/C16H26N6/c1-4-22(5-2)16-19-14(18-12-9-7-6-8-10-12)13-11-17-21(3)15(13)20-16/h11-12H,4-10H2,1-3H3,(H,18,19,20). The summed E-state index contributed by atoms with van der Waals surface area (Å²) in [6.07, 6.45) is 8.30. The topological polar surface area (TPSA) is 58.9 Å². The molecule has 0 spiro atoms. The van der Waals surface area contributed by atoms with E-state index >= 15 is 0 Å². The van der Waals surface area contributed by atoms with Crippen LogP contribution in [0.3, 0.4) is 0 Å². The molecule has 1 fully saturated rings. The number of anilines is 2. The van der Waals surface area contributed by atoms with Crippen LogP contribution in [0.4, 0.5) is 11.8 Å². The Morgan fingerprint density at radius 1 is 1.18 bits per heavy atom. The molecular formula is C16H26N6. The van der Waals surface area contributed by atoms with Crippen molar-refractivity contribution in [2.24, 2.45) is 7.05 Å². The summed E-state index contributed by atoms with van der Waals surface area (Å²) in [5.74, 6) is 1.73. The number of fused-ring (bicyclic) bond motifs is 1. The second-order valence-corrected chi connectivity index (χ2v) is 6.03. The Labute approximate surface area is 131 Å². The number of nitrogens with zero attached hydrogens (tertiary/aromatic N) is 5. The molecule has 0 bridgehead atoms. The van der Waals surface area contributed by atoms with Crippen molar-refractivity contribution >= 4 is 22.8 Å². The quantitative estimate of drug-likeness (QED) is 0.920. The van der Waals surface area contributed by atoms with Crippen LogP contribution in [-0.4, -0.2) is 38.9 Å². The smallest absolute Gasteiger partial charge is 0.229 e. The summed E-state index contributed by atoms with van der Waals surface area (Å²) in [7, 11) is 1.94. The van der Waals surface area contributed by atoms with Gasteiger partial charge in [-0.05, 0) is 26.7 Å². The summed E-state index contributed by atoms with van der Waals surface area (Å²) in [5, 5.41) is 9.02. The minimum absolute atomic E-state index is 0.525. The number of aryl methyl sites for hydroxylation is 1. The highest BCUT2D eigenvalue weighted by Gasteiger charge is 2.18. The fourth-order valence-corrected chi connectivity index (χ4v) is 3.21. The van der Waals surface area contributed by atoms with Crippen LogP contribution < -0.4 is 10.2 Å². The molecule has 1 aliphatic carbocycles. The lowest BCUT2D eigenvalue weighted by Gasteiger charge is -2.25. The number of rotatable bonds is 5. The van der Waals surface area contributed by atoms with Gasteiger partial charge < -0.3 is 10.2 Å². The molecule has 0 saturated heterocycles. The van der Waals surface area contributed by atoms with Gasteiger partial charge in [-0.2, -0.15) is 15.1 Å². The van der Waals surface area contributed by atoms with Crippen LogP contribution in [0.1, 0.15) is 46.0 Å². The van der Waals surface area contributed by atoms with E-state index in [1.165, 1.54) is 32.1 Å². The average Bonchev–Trinajstić information content (AvgIpc) is 2.91. The molecule has 22 heavy (non-hydrogen) atoms. The molecule has 3 rings (SSSR count). The van der Waals surface area contributed by atoms with Crippen LogP contribution in [-0.2, 0) is 7.05 Å². The zero-order valence-corrected chi connectivity index (χ0v) is 13.8. The van der Waals surface area contributed by atoms with Crippen molar-refractivity contribution in [1.82, 2.24) is 19.7 Å². The molecule has 120 valence electrons. The van der Waals surface area contributed by atoms with Gasteiger partial charge in [0.2, 0.25) is 5.95 Å². The lowest BCUT2D eigenvalue weighted by Crippen LogP contribution is -2.26. The first kappa shape index (κ1) is 15.1. The van der Waals surface area contributed by atoms with E-state index in [2.05, 4.69) is 29.2 Å². The summed E-state index contributed by atoms with van der Waals surface area (Å²) in [4.78, 5) is 11.7. The van der Waals surface area contributed by atoms with Crippen molar-refractivity contribution in [2.75, 3.05) is 23.3 Å². The molecule has 1 saturated carbocycles. The van der Waals surface area contributed by atoms with E-state index in [0.717, 1.165) is 35.9 Å². The van der Waals surface area contributed by atoms with Crippen LogP contribution in [0, 0.1) is 0 Å². The maximum atomic E-state index is 4.80. The second-order valence-electron chi connectivity index (χ2n) is 6.03. The minimum Gasteiger partial charge on any atom is -0.367 e. The van der Waals surface area contributed by atoms with Crippen molar-refractivity contribution < 1.29 is 0 Å². The lowest BCUT2D eigenvalue weighted by atomic mass is 9.95. The van der Waals surface area contributed by atoms with Gasteiger partial charge in [-0.1, -0.05) is 19.3 Å². The zero-order chi connectivity index (χ0) is 15.5. The Hall–Kier alpha value is -1.85. The molecule has 0 aromatic carbocycles. The first-order valence-corrected chi connectivity index (χ1v) is 8.44. The molecule has 0 amide bonds. The third kappa shape index (κ3) is 2.87. The Morgan fingerprint density at radius 2 is 1.91 bits per heavy atom. The van der Waals surface area contributed by atoms with Crippen LogP contribution in [0.25, 0.3) is 11.0 Å². The van der Waals surface area contributed by atoms with Gasteiger partial charge in [-0.25, -0.2) is 0 Å². The summed E-state index contributed by atoms with van der Waals surface area (Å²) in [6, 6.07) is 0.525. The first-order chi connectivity index (χ1) is 10.7. The lowest BCUT2D eigenvalue weighted by molar-refractivity contribution is 0.462. The first-order valence-electron chi connectivity index (χ1n) is 8.44. The second kappa shape index (κ2) is 6.50. The van der Waals surface area contributed by atoms with E-state index in [-0.39, 0.29) is 0 Å². The van der Waals surface area contributed by atoms with Gasteiger partial charge in [0.1, 0.15) is 5.82 Å². The van der Waals surface area contributed by atoms with Crippen molar-refractivity contribution in [2.45, 2.75) is 52.0 Å². The molecule has 2 aromatic rings. The van der Waals surface area contributed by atoms with E-state index in [0.29, 0.717) is 6.04 Å². The van der Waals surface area contributed by atoms with Crippen molar-refractivity contribution in [3.63, 3.8) is 0 Å². The average molecular weight is 302 g/mol. The molecule has 0 unspecified atom stereocenters. The fourth-order valence-electron chi connectivity index (χ4n) is 3.21. The van der Waals surface area contributed by atoms with Gasteiger partial charge in [-0.3, -0.25) is 4.68 Å². The highest BCUT2D eigenvalue weighted by molar-refractivity contribution is 5.87. The van der Waals surface area contributed by atoms with Gasteiger partial charge in [0.15, 0.2) is 5.65 Å². The molecule has 6 nitrogen and oxygen atoms in total. The molecule has 0 radical (unpaired) electrons. The number of hydrogen-bond donors (Lipinski definition) is 1. The van der Waals surface area contributed by atoms with Gasteiger partial charge in [0.05, 0.1) is 11.6 Å². The Kier molecular flexibility index (Phi) is 4.45. The molecule has 1 aliphatic rings. The molecule has 1 N–H and O–H groups in total. The predicted octanol–water partition coefficient (Wildman–Crippen LogP) is 2.95. The van der Waals surface area contributed by atoms with Crippen LogP contribution >= 0.6 is 0 Å². The monoisotopic (exact) mass is 302 g/mol. The highest BCUT2D eigenvalue weighted by Crippen LogP contribution is 2.27. The van der Waals surface area contributed by atoms with Crippen LogP contribution in [0.15, 0.2) is 6.20 Å². The van der Waals surface area contributed by atoms with Crippen molar-refractivity contribution in [3.05, 3.63) is 6.20 Å². The SMILES string of the molecule is CCN(CC)c1nc(NC2CCCCC2)c2cnn(C)c2n1. The van der Waals surface area contributed by atoms with Crippen molar-refractivity contribution in [1.29, 1.82) is 0 Å². The number of nitrogens with one attached hydrogen (secondary N) is 1. The number of aromatic nitrogens is 4. The van der Waals surface area contributed by atoms with Gasteiger partial charge in [0.25, 0.3) is 0 Å². The fraction of sp³-hybridized carbons (Fsp3) is 0.688. The van der Waals surface area contributed by atoms with Crippen LogP contribution in [0.2, 0.25) is 0 Å².